The van der Waals surface area contributed by atoms with Crippen molar-refractivity contribution in [2.75, 3.05) is 5.73 Å². The molecule has 0 unspecified atom stereocenters. The minimum atomic E-state index is 0.570. The highest BCUT2D eigenvalue weighted by atomic mass is 32.1. The van der Waals surface area contributed by atoms with Gasteiger partial charge >= 0.3 is 0 Å². The number of nitrogens with two attached hydrogens (primary N) is 1. The van der Waals surface area contributed by atoms with Crippen LogP contribution in [-0.4, -0.2) is 14.8 Å². The van der Waals surface area contributed by atoms with E-state index < -0.39 is 0 Å². The van der Waals surface area contributed by atoms with E-state index in [1.54, 1.807) is 11.3 Å². The summed E-state index contributed by atoms with van der Waals surface area (Å²) in [6.45, 7) is 4.37. The predicted molar refractivity (Wildman–Crippen MR) is 79.3 cm³/mol. The van der Waals surface area contributed by atoms with Gasteiger partial charge in [0.25, 0.3) is 0 Å². The number of hydrogen-bond acceptors (Lipinski definition) is 4. The molecule has 0 fully saturated rings. The van der Waals surface area contributed by atoms with E-state index in [4.69, 9.17) is 10.7 Å². The average molecular weight is 276 g/mol. The number of anilines is 1. The number of rotatable bonds is 3. The second-order valence-corrected chi connectivity index (χ2v) is 6.81. The minimum Gasteiger partial charge on any atom is -0.390 e. The molecule has 0 radical (unpaired) electrons. The van der Waals surface area contributed by atoms with E-state index in [9.17, 15) is 0 Å². The largest absolute Gasteiger partial charge is 0.390 e. The van der Waals surface area contributed by atoms with Gasteiger partial charge in [0.2, 0.25) is 0 Å². The second kappa shape index (κ2) is 4.63. The third-order valence-corrected chi connectivity index (χ3v) is 4.69. The molecule has 0 aromatic carbocycles. The van der Waals surface area contributed by atoms with Gasteiger partial charge in [-0.3, -0.25) is 0 Å². The lowest BCUT2D eigenvalue weighted by atomic mass is 10.1. The lowest BCUT2D eigenvalue weighted by molar-refractivity contribution is 0.613. The number of nitrogen functional groups attached to an aromatic ring is 1. The van der Waals surface area contributed by atoms with Crippen LogP contribution in [0.4, 0.5) is 5.00 Å². The van der Waals surface area contributed by atoms with Crippen LogP contribution in [0, 0.1) is 5.92 Å². The van der Waals surface area contributed by atoms with Crippen LogP contribution in [0.3, 0.4) is 0 Å². The first-order chi connectivity index (χ1) is 9.06. The molecule has 2 aromatic heterocycles. The Morgan fingerprint density at radius 1 is 1.37 bits per heavy atom. The first-order valence-corrected chi connectivity index (χ1v) is 7.68. The average Bonchev–Trinajstić information content (AvgIpc) is 2.93. The molecule has 0 atom stereocenters. The summed E-state index contributed by atoms with van der Waals surface area (Å²) in [5.41, 5.74) is 8.75. The van der Waals surface area contributed by atoms with Crippen LogP contribution in [0.2, 0.25) is 0 Å². The van der Waals surface area contributed by atoms with Gasteiger partial charge in [0, 0.05) is 18.3 Å². The molecule has 2 N–H and O–H groups in total. The van der Waals surface area contributed by atoms with Crippen LogP contribution in [-0.2, 0) is 26.3 Å². The minimum absolute atomic E-state index is 0.570. The number of aryl methyl sites for hydroxylation is 2. The number of fused-ring (bicyclic) bond motifs is 1. The number of hydrogen-bond donors (Lipinski definition) is 1. The first-order valence-electron chi connectivity index (χ1n) is 6.86. The van der Waals surface area contributed by atoms with Crippen LogP contribution in [0.5, 0.6) is 0 Å². The SMILES string of the molecule is CC(C)Cc1nc(-c2c(N)sc3c2CCC3)n(C)n1. The van der Waals surface area contributed by atoms with Gasteiger partial charge in [-0.05, 0) is 30.7 Å². The predicted octanol–water partition coefficient (Wildman–Crippen LogP) is 2.81. The van der Waals surface area contributed by atoms with E-state index in [2.05, 4.69) is 18.9 Å². The molecule has 1 aliphatic carbocycles. The van der Waals surface area contributed by atoms with Gasteiger partial charge in [0.1, 0.15) is 0 Å². The summed E-state index contributed by atoms with van der Waals surface area (Å²) in [6, 6.07) is 0. The normalized spacial score (nSPS) is 14.3. The Labute approximate surface area is 117 Å². The van der Waals surface area contributed by atoms with Crippen molar-refractivity contribution >= 4 is 16.3 Å². The summed E-state index contributed by atoms with van der Waals surface area (Å²) in [4.78, 5) is 6.15. The maximum absolute atomic E-state index is 6.20. The van der Waals surface area contributed by atoms with Gasteiger partial charge < -0.3 is 5.73 Å². The standard InChI is InChI=1S/C14H20N4S/c1-8(2)7-11-16-14(18(3)17-11)12-9-5-4-6-10(9)19-13(12)15/h8H,4-7,15H2,1-3H3. The van der Waals surface area contributed by atoms with Crippen LogP contribution >= 0.6 is 11.3 Å². The highest BCUT2D eigenvalue weighted by Gasteiger charge is 2.25. The fourth-order valence-electron chi connectivity index (χ4n) is 2.78. The zero-order valence-electron chi connectivity index (χ0n) is 11.7. The molecule has 3 rings (SSSR count). The zero-order chi connectivity index (χ0) is 13.6. The van der Waals surface area contributed by atoms with E-state index in [0.29, 0.717) is 5.92 Å². The monoisotopic (exact) mass is 276 g/mol. The third kappa shape index (κ3) is 2.16. The summed E-state index contributed by atoms with van der Waals surface area (Å²) >= 11 is 1.73. The molecule has 5 heteroatoms. The Hall–Kier alpha value is -1.36. The summed E-state index contributed by atoms with van der Waals surface area (Å²) < 4.78 is 1.88. The molecule has 0 aliphatic heterocycles. The van der Waals surface area contributed by atoms with Gasteiger partial charge in [0.05, 0.1) is 10.6 Å². The van der Waals surface area contributed by atoms with Gasteiger partial charge in [-0.1, -0.05) is 13.8 Å². The molecule has 2 heterocycles. The molecule has 0 amide bonds. The highest BCUT2D eigenvalue weighted by molar-refractivity contribution is 7.16. The molecule has 0 spiro atoms. The van der Waals surface area contributed by atoms with E-state index >= 15 is 0 Å². The summed E-state index contributed by atoms with van der Waals surface area (Å²) in [7, 11) is 1.96. The lowest BCUT2D eigenvalue weighted by Crippen LogP contribution is -1.98. The van der Waals surface area contributed by atoms with E-state index in [1.807, 2.05) is 11.7 Å². The van der Waals surface area contributed by atoms with Crippen LogP contribution < -0.4 is 5.73 Å². The summed E-state index contributed by atoms with van der Waals surface area (Å²) in [6.07, 6.45) is 4.46. The molecule has 4 nitrogen and oxygen atoms in total. The molecule has 0 bridgehead atoms. The number of nitrogens with zero attached hydrogens (tertiary/aromatic N) is 3. The summed E-state index contributed by atoms with van der Waals surface area (Å²) in [5.74, 6) is 2.43. The fourth-order valence-corrected chi connectivity index (χ4v) is 3.93. The van der Waals surface area contributed by atoms with Crippen molar-refractivity contribution in [2.24, 2.45) is 13.0 Å². The molecule has 1 aliphatic rings. The number of aromatic nitrogens is 3. The maximum atomic E-state index is 6.20. The van der Waals surface area contributed by atoms with Crippen molar-refractivity contribution in [1.29, 1.82) is 0 Å². The van der Waals surface area contributed by atoms with Crippen molar-refractivity contribution in [3.05, 3.63) is 16.3 Å². The molecular formula is C14H20N4S. The topological polar surface area (TPSA) is 56.7 Å². The third-order valence-electron chi connectivity index (χ3n) is 3.57. The second-order valence-electron chi connectivity index (χ2n) is 5.67. The van der Waals surface area contributed by atoms with Crippen molar-refractivity contribution in [3.8, 4) is 11.4 Å². The fraction of sp³-hybridized carbons (Fsp3) is 0.571. The zero-order valence-corrected chi connectivity index (χ0v) is 12.5. The Balaban J connectivity index is 2.05. The Morgan fingerprint density at radius 2 is 2.16 bits per heavy atom. The van der Waals surface area contributed by atoms with Gasteiger partial charge in [-0.25, -0.2) is 9.67 Å². The van der Waals surface area contributed by atoms with Crippen molar-refractivity contribution in [1.82, 2.24) is 14.8 Å². The van der Waals surface area contributed by atoms with Crippen molar-refractivity contribution in [2.45, 2.75) is 39.5 Å². The van der Waals surface area contributed by atoms with Gasteiger partial charge in [0.15, 0.2) is 11.6 Å². The van der Waals surface area contributed by atoms with E-state index in [0.717, 1.165) is 35.1 Å². The number of thiophene rings is 1. The smallest absolute Gasteiger partial charge is 0.161 e. The Bertz CT molecular complexity index is 609. The van der Waals surface area contributed by atoms with Gasteiger partial charge in [-0.2, -0.15) is 5.10 Å². The van der Waals surface area contributed by atoms with Gasteiger partial charge in [-0.15, -0.1) is 11.3 Å². The maximum Gasteiger partial charge on any atom is 0.161 e. The molecule has 19 heavy (non-hydrogen) atoms. The Morgan fingerprint density at radius 3 is 2.89 bits per heavy atom. The molecule has 0 saturated heterocycles. The van der Waals surface area contributed by atoms with E-state index in [-0.39, 0.29) is 0 Å². The molecule has 102 valence electrons. The van der Waals surface area contributed by atoms with Crippen LogP contribution in [0.15, 0.2) is 0 Å². The summed E-state index contributed by atoms with van der Waals surface area (Å²) in [5, 5.41) is 5.43. The molecule has 0 saturated carbocycles. The van der Waals surface area contributed by atoms with Crippen LogP contribution in [0.1, 0.15) is 36.5 Å². The van der Waals surface area contributed by atoms with Crippen molar-refractivity contribution < 1.29 is 0 Å². The Kier molecular flexibility index (Phi) is 3.09. The van der Waals surface area contributed by atoms with E-state index in [1.165, 1.54) is 23.3 Å². The molecular weight excluding hydrogens is 256 g/mol. The first kappa shape index (κ1) is 12.7. The highest BCUT2D eigenvalue weighted by Crippen LogP contribution is 2.42. The quantitative estimate of drug-likeness (QED) is 0.938. The lowest BCUT2D eigenvalue weighted by Gasteiger charge is -2.02. The van der Waals surface area contributed by atoms with Crippen LogP contribution in [0.25, 0.3) is 11.4 Å². The molecule has 2 aromatic rings. The van der Waals surface area contributed by atoms with Crippen molar-refractivity contribution in [3.63, 3.8) is 0 Å².